The van der Waals surface area contributed by atoms with E-state index in [4.69, 9.17) is 4.74 Å². The molecule has 4 rings (SSSR count). The van der Waals surface area contributed by atoms with Crippen LogP contribution >= 0.6 is 0 Å². The van der Waals surface area contributed by atoms with E-state index in [1.54, 1.807) is 24.5 Å². The Labute approximate surface area is 260 Å². The van der Waals surface area contributed by atoms with Gasteiger partial charge in [-0.2, -0.15) is 0 Å². The van der Waals surface area contributed by atoms with Gasteiger partial charge in [0, 0.05) is 42.0 Å². The number of carboxylic acids is 1. The summed E-state index contributed by atoms with van der Waals surface area (Å²) in [5.74, 6) is -0.0727. The van der Waals surface area contributed by atoms with Gasteiger partial charge in [-0.05, 0) is 61.5 Å². The summed E-state index contributed by atoms with van der Waals surface area (Å²) in [6, 6.07) is 21.5. The van der Waals surface area contributed by atoms with Gasteiger partial charge in [0.25, 0.3) is 5.91 Å². The molecule has 0 radical (unpaired) electrons. The van der Waals surface area contributed by atoms with Crippen LogP contribution in [0.5, 0.6) is 5.75 Å². The molecule has 0 spiro atoms. The van der Waals surface area contributed by atoms with Crippen molar-refractivity contribution >= 4 is 11.9 Å². The monoisotopic (exact) mass is 594 g/mol. The SMILES string of the molecule is CCCCCCCOc1ccc(-c2cnc(-c3ccc(CC(NC(=O)c4ccc(CN(C)C)cc4)C(=O)O)cc3)nc2)cc1. The molecule has 8 nitrogen and oxygen atoms in total. The number of nitrogens with one attached hydrogen (secondary N) is 1. The van der Waals surface area contributed by atoms with Crippen LogP contribution in [0, 0.1) is 0 Å². The molecule has 1 heterocycles. The van der Waals surface area contributed by atoms with Crippen molar-refractivity contribution in [3.63, 3.8) is 0 Å². The molecule has 0 saturated carbocycles. The minimum Gasteiger partial charge on any atom is -0.494 e. The molecule has 3 aromatic carbocycles. The quantitative estimate of drug-likeness (QED) is 0.140. The standard InChI is InChI=1S/C36H42N4O4/c1-4-5-6-7-8-21-44-32-19-17-28(18-20-32)31-23-37-34(38-24-31)29-13-9-26(10-14-29)22-33(36(42)43)39-35(41)30-15-11-27(12-16-30)25-40(2)3/h9-20,23-24,33H,4-8,21-22,25H2,1-3H3,(H,39,41)(H,42,43). The van der Waals surface area contributed by atoms with Crippen LogP contribution in [0.15, 0.2) is 85.2 Å². The van der Waals surface area contributed by atoms with E-state index in [1.807, 2.05) is 79.7 Å². The zero-order chi connectivity index (χ0) is 31.3. The van der Waals surface area contributed by atoms with Gasteiger partial charge in [-0.1, -0.05) is 81.1 Å². The van der Waals surface area contributed by atoms with E-state index in [9.17, 15) is 14.7 Å². The van der Waals surface area contributed by atoms with Crippen LogP contribution in [0.1, 0.15) is 60.5 Å². The number of aliphatic carboxylic acids is 1. The van der Waals surface area contributed by atoms with E-state index in [-0.39, 0.29) is 6.42 Å². The third-order valence-electron chi connectivity index (χ3n) is 7.33. The number of unbranched alkanes of at least 4 members (excludes halogenated alkanes) is 4. The third-order valence-corrected chi connectivity index (χ3v) is 7.33. The number of ether oxygens (including phenoxy) is 1. The predicted octanol–water partition coefficient (Wildman–Crippen LogP) is 6.65. The maximum Gasteiger partial charge on any atom is 0.326 e. The highest BCUT2D eigenvalue weighted by Gasteiger charge is 2.21. The highest BCUT2D eigenvalue weighted by Crippen LogP contribution is 2.24. The maximum atomic E-state index is 12.7. The zero-order valence-electron chi connectivity index (χ0n) is 25.8. The Bertz CT molecular complexity index is 1470. The minimum atomic E-state index is -1.09. The Morgan fingerprint density at radius 3 is 2.02 bits per heavy atom. The lowest BCUT2D eigenvalue weighted by Crippen LogP contribution is -2.42. The Morgan fingerprint density at radius 1 is 0.795 bits per heavy atom. The summed E-state index contributed by atoms with van der Waals surface area (Å²) in [5.41, 5.74) is 5.01. The average molecular weight is 595 g/mol. The first-order chi connectivity index (χ1) is 21.3. The Morgan fingerprint density at radius 2 is 1.41 bits per heavy atom. The average Bonchev–Trinajstić information content (AvgIpc) is 3.03. The molecule has 0 bridgehead atoms. The van der Waals surface area contributed by atoms with Gasteiger partial charge in [-0.3, -0.25) is 4.79 Å². The van der Waals surface area contributed by atoms with E-state index in [0.29, 0.717) is 11.4 Å². The molecule has 0 saturated heterocycles. The molecule has 2 N–H and O–H groups in total. The van der Waals surface area contributed by atoms with Crippen molar-refractivity contribution in [3.8, 4) is 28.3 Å². The third kappa shape index (κ3) is 9.74. The first kappa shape index (κ1) is 32.4. The van der Waals surface area contributed by atoms with Gasteiger partial charge in [0.05, 0.1) is 6.61 Å². The fraction of sp³-hybridized carbons (Fsp3) is 0.333. The molecular weight excluding hydrogens is 552 g/mol. The van der Waals surface area contributed by atoms with Crippen LogP contribution in [0.25, 0.3) is 22.5 Å². The highest BCUT2D eigenvalue weighted by molar-refractivity contribution is 5.96. The lowest BCUT2D eigenvalue weighted by atomic mass is 10.0. The van der Waals surface area contributed by atoms with Gasteiger partial charge in [0.2, 0.25) is 0 Å². The van der Waals surface area contributed by atoms with Gasteiger partial charge < -0.3 is 20.1 Å². The first-order valence-corrected chi connectivity index (χ1v) is 15.2. The summed E-state index contributed by atoms with van der Waals surface area (Å²) < 4.78 is 5.87. The van der Waals surface area contributed by atoms with E-state index in [1.165, 1.54) is 25.7 Å². The fourth-order valence-corrected chi connectivity index (χ4v) is 4.86. The van der Waals surface area contributed by atoms with Gasteiger partial charge in [-0.15, -0.1) is 0 Å². The number of carbonyl (C=O) groups excluding carboxylic acids is 1. The van der Waals surface area contributed by atoms with Crippen LogP contribution in [0.4, 0.5) is 0 Å². The summed E-state index contributed by atoms with van der Waals surface area (Å²) in [4.78, 5) is 35.8. The Hall–Kier alpha value is -4.56. The Balaban J connectivity index is 1.31. The predicted molar refractivity (Wildman–Crippen MR) is 174 cm³/mol. The van der Waals surface area contributed by atoms with Crippen LogP contribution in [0.3, 0.4) is 0 Å². The van der Waals surface area contributed by atoms with E-state index in [2.05, 4.69) is 22.2 Å². The number of rotatable bonds is 16. The molecule has 0 aliphatic rings. The molecule has 1 amide bonds. The summed E-state index contributed by atoms with van der Waals surface area (Å²) in [7, 11) is 3.95. The maximum absolute atomic E-state index is 12.7. The molecule has 4 aromatic rings. The first-order valence-electron chi connectivity index (χ1n) is 15.2. The normalized spacial score (nSPS) is 11.7. The smallest absolute Gasteiger partial charge is 0.326 e. The van der Waals surface area contributed by atoms with Crippen molar-refractivity contribution in [1.82, 2.24) is 20.2 Å². The number of amides is 1. The zero-order valence-corrected chi connectivity index (χ0v) is 25.8. The number of benzene rings is 3. The van der Waals surface area contributed by atoms with E-state index < -0.39 is 17.9 Å². The number of aromatic nitrogens is 2. The van der Waals surface area contributed by atoms with E-state index >= 15 is 0 Å². The molecular formula is C36H42N4O4. The molecule has 0 aliphatic heterocycles. The molecule has 1 atom stereocenters. The van der Waals surface area contributed by atoms with Crippen LogP contribution < -0.4 is 10.1 Å². The van der Waals surface area contributed by atoms with Crippen LogP contribution in [-0.4, -0.2) is 58.6 Å². The van der Waals surface area contributed by atoms with Gasteiger partial charge in [0.1, 0.15) is 11.8 Å². The van der Waals surface area contributed by atoms with E-state index in [0.717, 1.165) is 53.1 Å². The van der Waals surface area contributed by atoms with Crippen molar-refractivity contribution in [2.24, 2.45) is 0 Å². The lowest BCUT2D eigenvalue weighted by Gasteiger charge is -2.15. The topological polar surface area (TPSA) is 105 Å². The number of hydrogen-bond donors (Lipinski definition) is 2. The second-order valence-electron chi connectivity index (χ2n) is 11.3. The largest absolute Gasteiger partial charge is 0.494 e. The van der Waals surface area contributed by atoms with Gasteiger partial charge in [0.15, 0.2) is 5.82 Å². The second-order valence-corrected chi connectivity index (χ2v) is 11.3. The minimum absolute atomic E-state index is 0.151. The highest BCUT2D eigenvalue weighted by atomic mass is 16.5. The number of carbonyl (C=O) groups is 2. The molecule has 1 aromatic heterocycles. The second kappa shape index (κ2) is 16.3. The number of nitrogens with zero attached hydrogens (tertiary/aromatic N) is 3. The van der Waals surface area contributed by atoms with Gasteiger partial charge in [-0.25, -0.2) is 14.8 Å². The summed E-state index contributed by atoms with van der Waals surface area (Å²) in [6.07, 6.45) is 9.80. The molecule has 44 heavy (non-hydrogen) atoms. The van der Waals surface area contributed by atoms with Crippen molar-refractivity contribution in [2.45, 2.75) is 58.0 Å². The fourth-order valence-electron chi connectivity index (χ4n) is 4.86. The van der Waals surface area contributed by atoms with Crippen molar-refractivity contribution < 1.29 is 19.4 Å². The number of hydrogen-bond acceptors (Lipinski definition) is 6. The van der Waals surface area contributed by atoms with Gasteiger partial charge >= 0.3 is 5.97 Å². The summed E-state index contributed by atoms with van der Waals surface area (Å²) in [6.45, 7) is 3.71. The van der Waals surface area contributed by atoms with Crippen LogP contribution in [-0.2, 0) is 17.8 Å². The van der Waals surface area contributed by atoms with Crippen molar-refractivity contribution in [2.75, 3.05) is 20.7 Å². The molecule has 8 heteroatoms. The van der Waals surface area contributed by atoms with Crippen molar-refractivity contribution in [3.05, 3.63) is 102 Å². The van der Waals surface area contributed by atoms with Crippen LogP contribution in [0.2, 0.25) is 0 Å². The summed E-state index contributed by atoms with van der Waals surface area (Å²) >= 11 is 0. The molecule has 0 aliphatic carbocycles. The Kier molecular flexibility index (Phi) is 12.0. The lowest BCUT2D eigenvalue weighted by molar-refractivity contribution is -0.139. The molecule has 230 valence electrons. The molecule has 1 unspecified atom stereocenters. The number of carboxylic acid groups (broad SMARTS) is 1. The summed E-state index contributed by atoms with van der Waals surface area (Å²) in [5, 5.41) is 12.4. The molecule has 0 fully saturated rings. The van der Waals surface area contributed by atoms with Crippen molar-refractivity contribution in [1.29, 1.82) is 0 Å².